The molecule has 0 radical (unpaired) electrons. The SMILES string of the molecule is COC(=O)[C@@H](Cc1ccc(O)cc1)n1cc(COC(=O)c2cccc3c(=O)c4ccccc4n(Cc4cn([C@H](Cc5ccc(O)cc5)C(=O)OC)nn4)c23)nn1. The molecule has 0 aliphatic rings. The first-order valence-electron chi connectivity index (χ1n) is 17.4. The summed E-state index contributed by atoms with van der Waals surface area (Å²) in [5.41, 5.74) is 2.83. The fourth-order valence-corrected chi connectivity index (χ4v) is 6.51. The molecular weight excluding hydrogens is 722 g/mol. The zero-order chi connectivity index (χ0) is 39.3. The van der Waals surface area contributed by atoms with Crippen molar-refractivity contribution in [3.8, 4) is 11.5 Å². The van der Waals surface area contributed by atoms with Crippen molar-refractivity contribution in [2.45, 2.75) is 38.1 Å². The van der Waals surface area contributed by atoms with E-state index in [0.717, 1.165) is 11.1 Å². The monoisotopic (exact) mass is 757 g/mol. The summed E-state index contributed by atoms with van der Waals surface area (Å²) in [6, 6.07) is 22.9. The maximum atomic E-state index is 13.9. The van der Waals surface area contributed by atoms with Crippen LogP contribution in [0.5, 0.6) is 11.5 Å². The third kappa shape index (κ3) is 7.66. The number of hydrogen-bond acceptors (Lipinski definition) is 13. The van der Waals surface area contributed by atoms with Crippen LogP contribution in [0.1, 0.15) is 45.0 Å². The lowest BCUT2D eigenvalue weighted by Crippen LogP contribution is -2.23. The van der Waals surface area contributed by atoms with Gasteiger partial charge < -0.3 is 29.0 Å². The van der Waals surface area contributed by atoms with Crippen LogP contribution in [-0.2, 0) is 49.8 Å². The van der Waals surface area contributed by atoms with E-state index in [9.17, 15) is 29.4 Å². The van der Waals surface area contributed by atoms with Crippen molar-refractivity contribution in [3.63, 3.8) is 0 Å². The summed E-state index contributed by atoms with van der Waals surface area (Å²) in [6.45, 7) is -0.247. The first-order chi connectivity index (χ1) is 27.1. The summed E-state index contributed by atoms with van der Waals surface area (Å²) in [5, 5.41) is 36.8. The summed E-state index contributed by atoms with van der Waals surface area (Å²) in [5.74, 6) is -1.67. The zero-order valence-corrected chi connectivity index (χ0v) is 30.2. The van der Waals surface area contributed by atoms with Crippen molar-refractivity contribution in [1.29, 1.82) is 0 Å². The quantitative estimate of drug-likeness (QED) is 0.0969. The van der Waals surface area contributed by atoms with Crippen molar-refractivity contribution in [3.05, 3.63) is 142 Å². The number of hydrogen-bond donors (Lipinski definition) is 2. The molecule has 2 N–H and O–H groups in total. The summed E-state index contributed by atoms with van der Waals surface area (Å²) in [4.78, 5) is 53.3. The maximum Gasteiger partial charge on any atom is 0.340 e. The molecule has 0 unspecified atom stereocenters. The Kier molecular flexibility index (Phi) is 10.5. The number of pyridine rings is 1. The van der Waals surface area contributed by atoms with Gasteiger partial charge in [0, 0.05) is 23.6 Å². The molecule has 3 aromatic heterocycles. The van der Waals surface area contributed by atoms with Gasteiger partial charge in [0.05, 0.1) is 49.8 Å². The number of aromatic hydroxyl groups is 2. The Morgan fingerprint density at radius 1 is 0.679 bits per heavy atom. The number of aromatic nitrogens is 7. The molecule has 0 aliphatic heterocycles. The van der Waals surface area contributed by atoms with E-state index in [1.165, 1.54) is 54.0 Å². The highest BCUT2D eigenvalue weighted by Crippen LogP contribution is 2.26. The second-order valence-corrected chi connectivity index (χ2v) is 12.9. The average molecular weight is 758 g/mol. The van der Waals surface area contributed by atoms with Crippen molar-refractivity contribution >= 4 is 39.7 Å². The molecular formula is C40H35N7O9. The van der Waals surface area contributed by atoms with Crippen LogP contribution in [0.15, 0.2) is 108 Å². The van der Waals surface area contributed by atoms with Gasteiger partial charge in [-0.1, -0.05) is 52.9 Å². The molecule has 7 rings (SSSR count). The van der Waals surface area contributed by atoms with Crippen molar-refractivity contribution < 1.29 is 38.8 Å². The Labute approximate surface area is 318 Å². The fourth-order valence-electron chi connectivity index (χ4n) is 6.51. The van der Waals surface area contributed by atoms with Crippen LogP contribution in [-0.4, -0.2) is 76.9 Å². The molecule has 16 heteroatoms. The number of carbonyl (C=O) groups is 3. The highest BCUT2D eigenvalue weighted by atomic mass is 16.5. The third-order valence-corrected chi connectivity index (χ3v) is 9.31. The van der Waals surface area contributed by atoms with E-state index in [1.807, 2.05) is 0 Å². The summed E-state index contributed by atoms with van der Waals surface area (Å²) in [7, 11) is 2.55. The lowest BCUT2D eigenvalue weighted by molar-refractivity contribution is -0.145. The van der Waals surface area contributed by atoms with Gasteiger partial charge in [-0.05, 0) is 59.7 Å². The molecule has 16 nitrogen and oxygen atoms in total. The largest absolute Gasteiger partial charge is 0.508 e. The number of ether oxygens (including phenoxy) is 3. The van der Waals surface area contributed by atoms with Crippen molar-refractivity contribution in [2.75, 3.05) is 14.2 Å². The summed E-state index contributed by atoms with van der Waals surface area (Å²) in [6.07, 6.45) is 3.50. The molecule has 0 fully saturated rings. The number of benzene rings is 4. The molecule has 0 spiro atoms. The van der Waals surface area contributed by atoms with E-state index < -0.39 is 30.0 Å². The van der Waals surface area contributed by atoms with E-state index in [2.05, 4.69) is 20.6 Å². The van der Waals surface area contributed by atoms with Crippen LogP contribution in [0.3, 0.4) is 0 Å². The number of esters is 3. The van der Waals surface area contributed by atoms with Gasteiger partial charge in [0.1, 0.15) is 29.5 Å². The molecule has 56 heavy (non-hydrogen) atoms. The topological polar surface area (TPSA) is 203 Å². The number of rotatable bonds is 13. The molecule has 4 aromatic carbocycles. The van der Waals surface area contributed by atoms with Crippen molar-refractivity contribution in [2.24, 2.45) is 0 Å². The van der Waals surface area contributed by atoms with Crippen LogP contribution >= 0.6 is 0 Å². The normalized spacial score (nSPS) is 12.3. The minimum atomic E-state index is -0.879. The molecule has 0 saturated heterocycles. The van der Waals surface area contributed by atoms with Gasteiger partial charge in [-0.15, -0.1) is 10.2 Å². The Morgan fingerprint density at radius 2 is 1.21 bits per heavy atom. The predicted octanol–water partition coefficient (Wildman–Crippen LogP) is 4.07. The van der Waals surface area contributed by atoms with Crippen LogP contribution < -0.4 is 5.43 Å². The number of phenolic OH excluding ortho intramolecular Hbond substituents is 2. The average Bonchev–Trinajstić information content (AvgIpc) is 3.90. The van der Waals surface area contributed by atoms with E-state index in [0.29, 0.717) is 22.1 Å². The number of phenols is 2. The highest BCUT2D eigenvalue weighted by molar-refractivity contribution is 6.06. The number of fused-ring (bicyclic) bond motifs is 2. The Balaban J connectivity index is 1.18. The van der Waals surface area contributed by atoms with Crippen LogP contribution in [0.2, 0.25) is 0 Å². The second-order valence-electron chi connectivity index (χ2n) is 12.9. The van der Waals surface area contributed by atoms with Crippen LogP contribution in [0.4, 0.5) is 0 Å². The Hall–Kier alpha value is -7.36. The molecule has 284 valence electrons. The second kappa shape index (κ2) is 15.9. The van der Waals surface area contributed by atoms with E-state index in [-0.39, 0.29) is 59.6 Å². The summed E-state index contributed by atoms with van der Waals surface area (Å²) >= 11 is 0. The number of carbonyl (C=O) groups excluding carboxylic acids is 3. The molecule has 0 aliphatic carbocycles. The maximum absolute atomic E-state index is 13.9. The molecule has 7 aromatic rings. The molecule has 0 bridgehead atoms. The van der Waals surface area contributed by atoms with Gasteiger partial charge in [0.2, 0.25) is 0 Å². The van der Waals surface area contributed by atoms with E-state index in [1.54, 1.807) is 77.5 Å². The van der Waals surface area contributed by atoms with Gasteiger partial charge in [-0.3, -0.25) is 4.79 Å². The number of para-hydroxylation sites is 2. The lowest BCUT2D eigenvalue weighted by Gasteiger charge is -2.17. The zero-order valence-electron chi connectivity index (χ0n) is 30.2. The number of nitrogens with zero attached hydrogens (tertiary/aromatic N) is 7. The minimum Gasteiger partial charge on any atom is -0.508 e. The first-order valence-corrected chi connectivity index (χ1v) is 17.4. The first kappa shape index (κ1) is 37.0. The molecule has 0 saturated carbocycles. The van der Waals surface area contributed by atoms with Gasteiger partial charge >= 0.3 is 17.9 Å². The summed E-state index contributed by atoms with van der Waals surface area (Å²) < 4.78 is 20.3. The standard InChI is InChI=1S/C40H35N7O9/c1-54-39(52)34(18-24-10-14-28(48)15-11-24)46-21-26(41-43-46)20-45-33-9-4-3-6-30(33)37(50)31-7-5-8-32(36(31)45)38(51)56-23-27-22-47(44-42-27)35(40(53)55-2)19-25-12-16-29(49)17-13-25/h3-17,21-22,34-35,48-49H,18-20,23H2,1-2H3/t34-,35-/m1/s1. The molecule has 3 heterocycles. The molecule has 0 amide bonds. The van der Waals surface area contributed by atoms with Crippen LogP contribution in [0.25, 0.3) is 21.8 Å². The third-order valence-electron chi connectivity index (χ3n) is 9.31. The van der Waals surface area contributed by atoms with Gasteiger partial charge in [-0.2, -0.15) is 0 Å². The van der Waals surface area contributed by atoms with E-state index >= 15 is 0 Å². The van der Waals surface area contributed by atoms with Gasteiger partial charge in [0.15, 0.2) is 17.5 Å². The Bertz CT molecular complexity index is 2610. The Morgan fingerprint density at radius 3 is 1.80 bits per heavy atom. The van der Waals surface area contributed by atoms with Crippen LogP contribution in [0, 0.1) is 0 Å². The minimum absolute atomic E-state index is 0.0545. The fraction of sp³-hybridized carbons (Fsp3) is 0.200. The highest BCUT2D eigenvalue weighted by Gasteiger charge is 2.26. The van der Waals surface area contributed by atoms with Crippen molar-refractivity contribution in [1.82, 2.24) is 34.6 Å². The van der Waals surface area contributed by atoms with E-state index in [4.69, 9.17) is 14.2 Å². The van der Waals surface area contributed by atoms with Gasteiger partial charge in [0.25, 0.3) is 0 Å². The lowest BCUT2D eigenvalue weighted by atomic mass is 10.0. The molecule has 2 atom stereocenters. The number of methoxy groups -OCH3 is 2. The smallest absolute Gasteiger partial charge is 0.340 e. The predicted molar refractivity (Wildman–Crippen MR) is 200 cm³/mol. The van der Waals surface area contributed by atoms with Gasteiger partial charge in [-0.25, -0.2) is 23.7 Å².